The van der Waals surface area contributed by atoms with E-state index >= 15 is 0 Å². The molecule has 0 spiro atoms. The molecular weight excluding hydrogens is 355 g/mol. The molecule has 0 N–H and O–H groups in total. The second-order valence-corrected chi connectivity index (χ2v) is 4.68. The topological polar surface area (TPSA) is 41.9 Å². The number of carbonyl (C=O) groups is 1. The SMILES string of the molecule is CCOC(=O)C=NN(Cl)c1c(Cl)cc(C(F)(F)F)cc1Cl. The zero-order valence-corrected chi connectivity index (χ0v) is 12.7. The van der Waals surface area contributed by atoms with Crippen molar-refractivity contribution in [3.05, 3.63) is 27.7 Å². The first-order chi connectivity index (χ1) is 9.66. The highest BCUT2D eigenvalue weighted by atomic mass is 35.5. The summed E-state index contributed by atoms with van der Waals surface area (Å²) in [6.45, 7) is 1.72. The van der Waals surface area contributed by atoms with Gasteiger partial charge in [-0.05, 0) is 19.1 Å². The van der Waals surface area contributed by atoms with Crippen LogP contribution >= 0.6 is 35.0 Å². The van der Waals surface area contributed by atoms with E-state index in [1.807, 2.05) is 0 Å². The van der Waals surface area contributed by atoms with Gasteiger partial charge >= 0.3 is 12.1 Å². The zero-order valence-electron chi connectivity index (χ0n) is 10.4. The number of anilines is 1. The fourth-order valence-corrected chi connectivity index (χ4v) is 2.20. The number of benzene rings is 1. The van der Waals surface area contributed by atoms with Gasteiger partial charge in [0.2, 0.25) is 0 Å². The van der Waals surface area contributed by atoms with E-state index in [4.69, 9.17) is 35.0 Å². The smallest absolute Gasteiger partial charge is 0.416 e. The molecule has 1 aromatic carbocycles. The summed E-state index contributed by atoms with van der Waals surface area (Å²) in [5.41, 5.74) is -1.21. The lowest BCUT2D eigenvalue weighted by Gasteiger charge is -2.15. The Balaban J connectivity index is 3.06. The number of nitrogens with zero attached hydrogens (tertiary/aromatic N) is 2. The molecule has 10 heteroatoms. The average Bonchev–Trinajstić information content (AvgIpc) is 2.34. The Morgan fingerprint density at radius 2 is 1.90 bits per heavy atom. The zero-order chi connectivity index (χ0) is 16.2. The summed E-state index contributed by atoms with van der Waals surface area (Å²) in [6.07, 6.45) is -3.86. The van der Waals surface area contributed by atoms with Crippen LogP contribution in [0.5, 0.6) is 0 Å². The summed E-state index contributed by atoms with van der Waals surface area (Å²) in [7, 11) is 0. The van der Waals surface area contributed by atoms with Crippen molar-refractivity contribution in [1.29, 1.82) is 0 Å². The normalized spacial score (nSPS) is 11.8. The molecule has 21 heavy (non-hydrogen) atoms. The van der Waals surface area contributed by atoms with Gasteiger partial charge in [0, 0.05) is 11.8 Å². The number of halogens is 6. The maximum Gasteiger partial charge on any atom is 0.416 e. The number of hydrazone groups is 1. The molecule has 0 amide bonds. The van der Waals surface area contributed by atoms with Crippen molar-refractivity contribution in [2.75, 3.05) is 11.1 Å². The minimum Gasteiger partial charge on any atom is -0.462 e. The lowest BCUT2D eigenvalue weighted by atomic mass is 10.2. The summed E-state index contributed by atoms with van der Waals surface area (Å²) in [5.74, 6) is -0.776. The molecule has 0 radical (unpaired) electrons. The molecule has 0 aliphatic rings. The van der Waals surface area contributed by atoms with Crippen molar-refractivity contribution < 1.29 is 22.7 Å². The Morgan fingerprint density at radius 1 is 1.38 bits per heavy atom. The van der Waals surface area contributed by atoms with Crippen LogP contribution in [0.3, 0.4) is 0 Å². The third kappa shape index (κ3) is 4.94. The van der Waals surface area contributed by atoms with Gasteiger partial charge in [-0.1, -0.05) is 23.2 Å². The Kier molecular flexibility index (Phi) is 6.12. The maximum atomic E-state index is 12.6. The summed E-state index contributed by atoms with van der Waals surface area (Å²) >= 11 is 17.1. The Labute approximate surface area is 133 Å². The first-order valence-electron chi connectivity index (χ1n) is 5.39. The monoisotopic (exact) mass is 362 g/mol. The molecule has 1 aromatic rings. The second-order valence-electron chi connectivity index (χ2n) is 3.54. The molecule has 0 saturated heterocycles. The van der Waals surface area contributed by atoms with E-state index in [9.17, 15) is 18.0 Å². The van der Waals surface area contributed by atoms with E-state index in [1.54, 1.807) is 6.92 Å². The molecule has 0 aliphatic carbocycles. The van der Waals surface area contributed by atoms with Crippen LogP contribution in [0.15, 0.2) is 17.2 Å². The van der Waals surface area contributed by atoms with E-state index in [0.29, 0.717) is 16.7 Å². The van der Waals surface area contributed by atoms with Gasteiger partial charge in [-0.15, -0.1) is 0 Å². The highest BCUT2D eigenvalue weighted by molar-refractivity contribution is 6.42. The minimum absolute atomic E-state index is 0.134. The van der Waals surface area contributed by atoms with E-state index in [2.05, 4.69) is 9.84 Å². The molecule has 116 valence electrons. The average molecular weight is 364 g/mol. The number of carbonyl (C=O) groups excluding carboxylic acids is 1. The van der Waals surface area contributed by atoms with Gasteiger partial charge in [0.1, 0.15) is 11.9 Å². The van der Waals surface area contributed by atoms with Crippen LogP contribution in [0.2, 0.25) is 10.0 Å². The van der Waals surface area contributed by atoms with Crippen LogP contribution in [0.4, 0.5) is 18.9 Å². The predicted molar refractivity (Wildman–Crippen MR) is 74.9 cm³/mol. The van der Waals surface area contributed by atoms with Crippen molar-refractivity contribution in [1.82, 2.24) is 0 Å². The third-order valence-electron chi connectivity index (χ3n) is 2.08. The number of hydrogen-bond donors (Lipinski definition) is 0. The summed E-state index contributed by atoms with van der Waals surface area (Å²) in [6, 6.07) is 1.30. The molecule has 0 fully saturated rings. The highest BCUT2D eigenvalue weighted by Gasteiger charge is 2.32. The fourth-order valence-electron chi connectivity index (χ4n) is 1.24. The Hall–Kier alpha value is -1.18. The molecule has 0 heterocycles. The van der Waals surface area contributed by atoms with Crippen molar-refractivity contribution in [3.8, 4) is 0 Å². The molecule has 1 rings (SSSR count). The van der Waals surface area contributed by atoms with Gasteiger partial charge in [0.15, 0.2) is 0 Å². The number of ether oxygens (including phenoxy) is 1. The van der Waals surface area contributed by atoms with Crippen molar-refractivity contribution in [2.24, 2.45) is 5.10 Å². The Morgan fingerprint density at radius 3 is 2.33 bits per heavy atom. The summed E-state index contributed by atoms with van der Waals surface area (Å²) < 4.78 is 42.8. The maximum absolute atomic E-state index is 12.6. The van der Waals surface area contributed by atoms with E-state index < -0.39 is 17.7 Å². The van der Waals surface area contributed by atoms with Crippen LogP contribution < -0.4 is 4.53 Å². The van der Waals surface area contributed by atoms with Crippen molar-refractivity contribution in [3.63, 3.8) is 0 Å². The quantitative estimate of drug-likeness (QED) is 0.342. The van der Waals surface area contributed by atoms with Gasteiger partial charge < -0.3 is 4.74 Å². The van der Waals surface area contributed by atoms with E-state index in [1.165, 1.54) is 0 Å². The van der Waals surface area contributed by atoms with Gasteiger partial charge in [-0.25, -0.2) is 4.79 Å². The Bertz CT molecular complexity index is 541. The van der Waals surface area contributed by atoms with Gasteiger partial charge in [0.25, 0.3) is 0 Å². The summed E-state index contributed by atoms with van der Waals surface area (Å²) in [4.78, 5) is 11.1. The number of rotatable bonds is 4. The first kappa shape index (κ1) is 17.9. The minimum atomic E-state index is -4.60. The van der Waals surface area contributed by atoms with Gasteiger partial charge in [-0.3, -0.25) is 0 Å². The van der Waals surface area contributed by atoms with Crippen LogP contribution in [0, 0.1) is 0 Å². The lowest BCUT2D eigenvalue weighted by Crippen LogP contribution is -2.11. The fraction of sp³-hybridized carbons (Fsp3) is 0.273. The molecule has 0 aliphatic heterocycles. The molecule has 0 aromatic heterocycles. The van der Waals surface area contributed by atoms with Crippen LogP contribution in [0.1, 0.15) is 12.5 Å². The van der Waals surface area contributed by atoms with Crippen molar-refractivity contribution in [2.45, 2.75) is 13.1 Å². The lowest BCUT2D eigenvalue weighted by molar-refractivity contribution is -0.137. The first-order valence-corrected chi connectivity index (χ1v) is 6.49. The molecular formula is C11H8Cl3F3N2O2. The highest BCUT2D eigenvalue weighted by Crippen LogP contribution is 2.40. The van der Waals surface area contributed by atoms with Gasteiger partial charge in [-0.2, -0.15) is 22.8 Å². The van der Waals surface area contributed by atoms with Gasteiger partial charge in [0.05, 0.1) is 22.2 Å². The third-order valence-corrected chi connectivity index (χ3v) is 2.91. The van der Waals surface area contributed by atoms with Crippen LogP contribution in [-0.2, 0) is 15.7 Å². The molecule has 0 saturated carbocycles. The van der Waals surface area contributed by atoms with Crippen LogP contribution in [-0.4, -0.2) is 18.8 Å². The predicted octanol–water partition coefficient (Wildman–Crippen LogP) is 4.52. The summed E-state index contributed by atoms with van der Waals surface area (Å²) in [5, 5.41) is 2.74. The van der Waals surface area contributed by atoms with Crippen molar-refractivity contribution >= 4 is 52.8 Å². The molecule has 0 atom stereocenters. The standard InChI is InChI=1S/C11H8Cl3F3N2O2/c1-2-21-9(20)5-18-19(14)10-7(12)3-6(4-8(10)13)11(15,16)17/h3-5H,2H2,1H3. The van der Waals surface area contributed by atoms with E-state index in [0.717, 1.165) is 6.21 Å². The number of esters is 1. The second kappa shape index (κ2) is 7.20. The molecule has 0 bridgehead atoms. The molecule has 4 nitrogen and oxygen atoms in total. The van der Waals surface area contributed by atoms with Crippen LogP contribution in [0.25, 0.3) is 0 Å². The van der Waals surface area contributed by atoms with E-state index in [-0.39, 0.29) is 22.3 Å². The number of alkyl halides is 3. The molecule has 0 unspecified atom stereocenters. The largest absolute Gasteiger partial charge is 0.462 e. The number of hydrogen-bond acceptors (Lipinski definition) is 4.